The lowest BCUT2D eigenvalue weighted by Gasteiger charge is -2.27. The van der Waals surface area contributed by atoms with E-state index in [1.165, 1.54) is 4.90 Å². The van der Waals surface area contributed by atoms with Gasteiger partial charge in [0.05, 0.1) is 23.6 Å². The van der Waals surface area contributed by atoms with E-state index < -0.39 is 17.9 Å². The Morgan fingerprint density at radius 2 is 1.63 bits per heavy atom. The molecule has 0 N–H and O–H groups in total. The lowest BCUT2D eigenvalue weighted by Crippen LogP contribution is -2.46. The van der Waals surface area contributed by atoms with Gasteiger partial charge in [-0.1, -0.05) is 48.9 Å². The lowest BCUT2D eigenvalue weighted by molar-refractivity contribution is -0.123. The maximum atomic E-state index is 13.5. The van der Waals surface area contributed by atoms with Crippen molar-refractivity contribution in [1.29, 1.82) is 0 Å². The Balaban J connectivity index is 1.52. The monoisotopic (exact) mass is 402 g/mol. The molecule has 5 nitrogen and oxygen atoms in total. The topological polar surface area (TPSA) is 57.7 Å². The van der Waals surface area contributed by atoms with Gasteiger partial charge in [-0.3, -0.25) is 19.3 Å². The summed E-state index contributed by atoms with van der Waals surface area (Å²) in [5.74, 6) is -1.44. The molecule has 4 atom stereocenters. The van der Waals surface area contributed by atoms with Gasteiger partial charge in [0.1, 0.15) is 0 Å². The number of rotatable bonds is 4. The summed E-state index contributed by atoms with van der Waals surface area (Å²) >= 11 is 0. The molecular weight excluding hydrogens is 376 g/mol. The second-order valence-corrected chi connectivity index (χ2v) is 8.71. The van der Waals surface area contributed by atoms with E-state index in [1.54, 1.807) is 0 Å². The molecule has 3 aliphatic rings. The van der Waals surface area contributed by atoms with E-state index in [0.717, 1.165) is 36.9 Å². The van der Waals surface area contributed by atoms with Crippen LogP contribution in [0.2, 0.25) is 0 Å². The highest BCUT2D eigenvalue weighted by atomic mass is 16.2. The summed E-state index contributed by atoms with van der Waals surface area (Å²) < 4.78 is 0. The molecule has 3 saturated heterocycles. The molecule has 3 heterocycles. The number of carbonyl (C=O) groups excluding carboxylic acids is 3. The SMILES string of the molecule is CCc1ccc(N2C(=O)[C@@H]3[C@H](C2=O)[C@H](C(=O)c2ccc(C)cc2)N2CCC[C@H]32)cc1. The van der Waals surface area contributed by atoms with E-state index in [0.29, 0.717) is 11.3 Å². The number of ketones is 1. The van der Waals surface area contributed by atoms with Crippen LogP contribution in [-0.2, 0) is 16.0 Å². The average Bonchev–Trinajstić information content (AvgIpc) is 3.40. The number of anilines is 1. The third kappa shape index (κ3) is 2.76. The summed E-state index contributed by atoms with van der Waals surface area (Å²) in [6, 6.07) is 14.5. The Hall–Kier alpha value is -2.79. The highest BCUT2D eigenvalue weighted by molar-refractivity contribution is 6.24. The number of Topliss-reactive ketones (excluding diaryl/α,β-unsaturated/α-hetero) is 1. The molecule has 30 heavy (non-hydrogen) atoms. The molecule has 3 aliphatic heterocycles. The molecule has 0 unspecified atom stereocenters. The number of carbonyl (C=O) groups is 3. The first-order valence-electron chi connectivity index (χ1n) is 10.8. The first kappa shape index (κ1) is 19.2. The van der Waals surface area contributed by atoms with Gasteiger partial charge in [-0.25, -0.2) is 4.90 Å². The van der Waals surface area contributed by atoms with Crippen molar-refractivity contribution in [2.75, 3.05) is 11.4 Å². The van der Waals surface area contributed by atoms with Crippen LogP contribution in [0.4, 0.5) is 5.69 Å². The first-order chi connectivity index (χ1) is 14.5. The third-order valence-corrected chi connectivity index (χ3v) is 7.06. The molecule has 0 aromatic heterocycles. The van der Waals surface area contributed by atoms with Crippen molar-refractivity contribution in [2.45, 2.75) is 45.2 Å². The molecule has 0 spiro atoms. The van der Waals surface area contributed by atoms with Gasteiger partial charge in [0.15, 0.2) is 5.78 Å². The van der Waals surface area contributed by atoms with Gasteiger partial charge in [-0.2, -0.15) is 0 Å². The Morgan fingerprint density at radius 1 is 0.967 bits per heavy atom. The summed E-state index contributed by atoms with van der Waals surface area (Å²) in [7, 11) is 0. The Labute approximate surface area is 176 Å². The standard InChI is InChI=1S/C25H26N2O3/c1-3-16-8-12-18(13-9-16)27-24(29)20-19-5-4-14-26(19)22(21(20)25(27)30)23(28)17-10-6-15(2)7-11-17/h6-13,19-22H,3-5,14H2,1-2H3/t19-,20+,21+,22-/m1/s1. The predicted octanol–water partition coefficient (Wildman–Crippen LogP) is 3.39. The molecular formula is C25H26N2O3. The average molecular weight is 402 g/mol. The fraction of sp³-hybridized carbons (Fsp3) is 0.400. The molecule has 0 saturated carbocycles. The van der Waals surface area contributed by atoms with Crippen LogP contribution in [0.3, 0.4) is 0 Å². The van der Waals surface area contributed by atoms with Crippen LogP contribution in [-0.4, -0.2) is 41.1 Å². The lowest BCUT2D eigenvalue weighted by atomic mass is 9.85. The number of imide groups is 1. The van der Waals surface area contributed by atoms with Crippen LogP contribution in [0.1, 0.15) is 41.3 Å². The second kappa shape index (κ2) is 7.17. The van der Waals surface area contributed by atoms with Crippen LogP contribution in [0.25, 0.3) is 0 Å². The van der Waals surface area contributed by atoms with Crippen LogP contribution in [0, 0.1) is 18.8 Å². The smallest absolute Gasteiger partial charge is 0.239 e. The van der Waals surface area contributed by atoms with E-state index in [9.17, 15) is 14.4 Å². The van der Waals surface area contributed by atoms with Crippen LogP contribution >= 0.6 is 0 Å². The third-order valence-electron chi connectivity index (χ3n) is 7.06. The van der Waals surface area contributed by atoms with E-state index in [1.807, 2.05) is 55.5 Å². The number of fused-ring (bicyclic) bond motifs is 3. The Morgan fingerprint density at radius 3 is 2.30 bits per heavy atom. The highest BCUT2D eigenvalue weighted by Crippen LogP contribution is 2.48. The van der Waals surface area contributed by atoms with Crippen LogP contribution < -0.4 is 4.90 Å². The van der Waals surface area contributed by atoms with Gasteiger partial charge >= 0.3 is 0 Å². The minimum atomic E-state index is -0.595. The quantitative estimate of drug-likeness (QED) is 0.581. The molecule has 154 valence electrons. The van der Waals surface area contributed by atoms with Gasteiger partial charge in [0.25, 0.3) is 0 Å². The normalized spacial score (nSPS) is 28.1. The number of aryl methyl sites for hydroxylation is 2. The molecule has 2 aromatic rings. The second-order valence-electron chi connectivity index (χ2n) is 8.71. The number of amides is 2. The zero-order valence-electron chi connectivity index (χ0n) is 17.4. The maximum Gasteiger partial charge on any atom is 0.239 e. The van der Waals surface area contributed by atoms with E-state index in [4.69, 9.17) is 0 Å². The van der Waals surface area contributed by atoms with Crippen molar-refractivity contribution in [2.24, 2.45) is 11.8 Å². The largest absolute Gasteiger partial charge is 0.292 e. The van der Waals surface area contributed by atoms with E-state index in [2.05, 4.69) is 11.8 Å². The van der Waals surface area contributed by atoms with Crippen LogP contribution in [0.15, 0.2) is 48.5 Å². The molecule has 3 fully saturated rings. The van der Waals surface area contributed by atoms with Gasteiger partial charge in [0, 0.05) is 11.6 Å². The van der Waals surface area contributed by atoms with Crippen LogP contribution in [0.5, 0.6) is 0 Å². The molecule has 0 aliphatic carbocycles. The summed E-state index contributed by atoms with van der Waals surface area (Å²) in [5.41, 5.74) is 3.47. The van der Waals surface area contributed by atoms with Gasteiger partial charge in [-0.05, 0) is 50.4 Å². The molecule has 2 amide bonds. The summed E-state index contributed by atoms with van der Waals surface area (Å²) in [6.45, 7) is 4.82. The van der Waals surface area contributed by atoms with Gasteiger partial charge in [0.2, 0.25) is 11.8 Å². The first-order valence-corrected chi connectivity index (χ1v) is 10.8. The molecule has 5 heteroatoms. The van der Waals surface area contributed by atoms with Gasteiger partial charge < -0.3 is 0 Å². The Bertz CT molecular complexity index is 1010. The van der Waals surface area contributed by atoms with E-state index >= 15 is 0 Å². The molecule has 0 radical (unpaired) electrons. The van der Waals surface area contributed by atoms with Crippen molar-refractivity contribution < 1.29 is 14.4 Å². The summed E-state index contributed by atoms with van der Waals surface area (Å²) in [4.78, 5) is 43.9. The minimum absolute atomic E-state index is 0.0224. The predicted molar refractivity (Wildman–Crippen MR) is 114 cm³/mol. The number of hydrogen-bond acceptors (Lipinski definition) is 4. The van der Waals surface area contributed by atoms with Crippen molar-refractivity contribution in [1.82, 2.24) is 4.90 Å². The fourth-order valence-corrected chi connectivity index (χ4v) is 5.54. The van der Waals surface area contributed by atoms with Gasteiger partial charge in [-0.15, -0.1) is 0 Å². The summed E-state index contributed by atoms with van der Waals surface area (Å²) in [6.07, 6.45) is 2.72. The molecule has 2 aromatic carbocycles. The highest BCUT2D eigenvalue weighted by Gasteiger charge is 2.64. The van der Waals surface area contributed by atoms with E-state index in [-0.39, 0.29) is 23.6 Å². The zero-order valence-corrected chi connectivity index (χ0v) is 17.4. The van der Waals surface area contributed by atoms with Crippen molar-refractivity contribution in [3.05, 3.63) is 65.2 Å². The number of nitrogens with zero attached hydrogens (tertiary/aromatic N) is 2. The minimum Gasteiger partial charge on any atom is -0.292 e. The molecule has 0 bridgehead atoms. The zero-order chi connectivity index (χ0) is 21.0. The van der Waals surface area contributed by atoms with Crippen molar-refractivity contribution in [3.8, 4) is 0 Å². The Kier molecular flexibility index (Phi) is 4.58. The molecule has 5 rings (SSSR count). The number of hydrogen-bond donors (Lipinski definition) is 0. The summed E-state index contributed by atoms with van der Waals surface area (Å²) in [5, 5.41) is 0. The fourth-order valence-electron chi connectivity index (χ4n) is 5.54. The number of benzene rings is 2. The maximum absolute atomic E-state index is 13.5. The van der Waals surface area contributed by atoms with Crippen molar-refractivity contribution in [3.63, 3.8) is 0 Å². The van der Waals surface area contributed by atoms with Crippen molar-refractivity contribution >= 4 is 23.3 Å².